The zero-order valence-corrected chi connectivity index (χ0v) is 10.0. The summed E-state index contributed by atoms with van der Waals surface area (Å²) in [6.07, 6.45) is 4.04. The Labute approximate surface area is 90.9 Å². The first-order chi connectivity index (χ1) is 6.31. The Morgan fingerprint density at radius 1 is 1.62 bits per heavy atom. The van der Waals surface area contributed by atoms with Crippen molar-refractivity contribution in [1.29, 1.82) is 0 Å². The molecule has 0 aromatic carbocycles. The van der Waals surface area contributed by atoms with E-state index in [1.54, 1.807) is 11.3 Å². The molecule has 1 N–H and O–H groups in total. The number of hydrogen-bond donors (Lipinski definition) is 1. The van der Waals surface area contributed by atoms with Crippen molar-refractivity contribution in [1.82, 2.24) is 10.3 Å². The van der Waals surface area contributed by atoms with E-state index in [0.717, 1.165) is 18.2 Å². The summed E-state index contributed by atoms with van der Waals surface area (Å²) in [6.45, 7) is 0.865. The number of nitrogens with one attached hydrogen (secondary N) is 1. The summed E-state index contributed by atoms with van der Waals surface area (Å²) < 4.78 is 1.20. The Bertz CT molecular complexity index is 294. The Hall–Kier alpha value is 0.0700. The van der Waals surface area contributed by atoms with Gasteiger partial charge in [0.1, 0.15) is 0 Å². The zero-order valence-electron chi connectivity index (χ0n) is 7.64. The third kappa shape index (κ3) is 1.95. The fourth-order valence-corrected chi connectivity index (χ4v) is 3.16. The van der Waals surface area contributed by atoms with Gasteiger partial charge in [-0.3, -0.25) is 0 Å². The van der Waals surface area contributed by atoms with Crippen molar-refractivity contribution in [2.45, 2.75) is 31.7 Å². The molecule has 4 heteroatoms. The van der Waals surface area contributed by atoms with Gasteiger partial charge in [-0.15, -0.1) is 11.3 Å². The first kappa shape index (κ1) is 9.62. The van der Waals surface area contributed by atoms with Gasteiger partial charge in [-0.1, -0.05) is 6.42 Å². The minimum atomic E-state index is 0.756. The fraction of sp³-hybridized carbons (Fsp3) is 0.667. The molecule has 1 aliphatic rings. The molecule has 1 heterocycles. The van der Waals surface area contributed by atoms with E-state index in [4.69, 9.17) is 0 Å². The Kier molecular flexibility index (Phi) is 3.01. The van der Waals surface area contributed by atoms with Gasteiger partial charge in [0.05, 0.1) is 14.5 Å². The molecular formula is C9H13BrN2S. The van der Waals surface area contributed by atoms with Crippen molar-refractivity contribution in [2.75, 3.05) is 7.05 Å². The van der Waals surface area contributed by atoms with Crippen LogP contribution >= 0.6 is 27.3 Å². The third-order valence-corrected chi connectivity index (χ3v) is 4.46. The van der Waals surface area contributed by atoms with Crippen LogP contribution in [0.5, 0.6) is 0 Å². The number of nitrogens with zero attached hydrogens (tertiary/aromatic N) is 1. The van der Waals surface area contributed by atoms with E-state index in [-0.39, 0.29) is 0 Å². The maximum Gasteiger partial charge on any atom is 0.0971 e. The molecule has 0 atom stereocenters. The van der Waals surface area contributed by atoms with Crippen LogP contribution in [0, 0.1) is 0 Å². The lowest BCUT2D eigenvalue weighted by molar-refractivity contribution is 0.417. The van der Waals surface area contributed by atoms with Crippen molar-refractivity contribution in [3.8, 4) is 0 Å². The highest BCUT2D eigenvalue weighted by molar-refractivity contribution is 9.11. The normalized spacial score (nSPS) is 17.4. The standard InChI is InChI=1S/C9H13BrN2S/c1-11-5-7-8(10)13-9(12-7)6-3-2-4-6/h6,11H,2-5H2,1H3. The van der Waals surface area contributed by atoms with E-state index in [2.05, 4.69) is 26.2 Å². The summed E-state index contributed by atoms with van der Waals surface area (Å²) in [5.41, 5.74) is 1.16. The van der Waals surface area contributed by atoms with Crippen LogP contribution in [-0.2, 0) is 6.54 Å². The summed E-state index contributed by atoms with van der Waals surface area (Å²) in [6, 6.07) is 0. The lowest BCUT2D eigenvalue weighted by Crippen LogP contribution is -2.09. The molecule has 2 rings (SSSR count). The van der Waals surface area contributed by atoms with Crippen molar-refractivity contribution in [2.24, 2.45) is 0 Å². The first-order valence-corrected chi connectivity index (χ1v) is 6.22. The van der Waals surface area contributed by atoms with Gasteiger partial charge in [0.2, 0.25) is 0 Å². The maximum absolute atomic E-state index is 4.63. The van der Waals surface area contributed by atoms with Crippen LogP contribution in [0.4, 0.5) is 0 Å². The summed E-state index contributed by atoms with van der Waals surface area (Å²) >= 11 is 5.36. The molecule has 1 aromatic rings. The minimum Gasteiger partial charge on any atom is -0.314 e. The van der Waals surface area contributed by atoms with Gasteiger partial charge in [-0.25, -0.2) is 4.98 Å². The molecule has 0 aliphatic heterocycles. The molecular weight excluding hydrogens is 248 g/mol. The van der Waals surface area contributed by atoms with Gasteiger partial charge in [-0.2, -0.15) is 0 Å². The summed E-state index contributed by atoms with van der Waals surface area (Å²) in [4.78, 5) is 4.63. The van der Waals surface area contributed by atoms with Crippen LogP contribution in [0.2, 0.25) is 0 Å². The van der Waals surface area contributed by atoms with Crippen molar-refractivity contribution < 1.29 is 0 Å². The first-order valence-electron chi connectivity index (χ1n) is 4.61. The molecule has 0 spiro atoms. The van der Waals surface area contributed by atoms with Crippen LogP contribution in [0.25, 0.3) is 0 Å². The van der Waals surface area contributed by atoms with E-state index >= 15 is 0 Å². The van der Waals surface area contributed by atoms with Gasteiger partial charge < -0.3 is 5.32 Å². The lowest BCUT2D eigenvalue weighted by atomic mass is 9.86. The quantitative estimate of drug-likeness (QED) is 0.905. The van der Waals surface area contributed by atoms with E-state index in [1.807, 2.05) is 7.05 Å². The number of aromatic nitrogens is 1. The lowest BCUT2D eigenvalue weighted by Gasteiger charge is -2.22. The van der Waals surface area contributed by atoms with E-state index in [9.17, 15) is 0 Å². The molecule has 0 bridgehead atoms. The minimum absolute atomic E-state index is 0.756. The van der Waals surface area contributed by atoms with E-state index in [1.165, 1.54) is 28.1 Å². The molecule has 0 amide bonds. The number of halogens is 1. The Balaban J connectivity index is 2.14. The van der Waals surface area contributed by atoms with Gasteiger partial charge in [0, 0.05) is 12.5 Å². The smallest absolute Gasteiger partial charge is 0.0971 e. The molecule has 1 saturated carbocycles. The highest BCUT2D eigenvalue weighted by Crippen LogP contribution is 2.40. The maximum atomic E-state index is 4.63. The zero-order chi connectivity index (χ0) is 9.26. The molecule has 0 saturated heterocycles. The molecule has 1 fully saturated rings. The number of thiazole rings is 1. The summed E-state index contributed by atoms with van der Waals surface area (Å²) in [5, 5.41) is 4.45. The topological polar surface area (TPSA) is 24.9 Å². The van der Waals surface area contributed by atoms with Crippen molar-refractivity contribution >= 4 is 27.3 Å². The van der Waals surface area contributed by atoms with Crippen molar-refractivity contribution in [3.05, 3.63) is 14.5 Å². The highest BCUT2D eigenvalue weighted by atomic mass is 79.9. The molecule has 13 heavy (non-hydrogen) atoms. The highest BCUT2D eigenvalue weighted by Gasteiger charge is 2.23. The Morgan fingerprint density at radius 2 is 2.38 bits per heavy atom. The van der Waals surface area contributed by atoms with Crippen LogP contribution in [-0.4, -0.2) is 12.0 Å². The SMILES string of the molecule is CNCc1nc(C2CCC2)sc1Br. The number of hydrogen-bond acceptors (Lipinski definition) is 3. The predicted molar refractivity (Wildman–Crippen MR) is 59.2 cm³/mol. The Morgan fingerprint density at radius 3 is 2.92 bits per heavy atom. The van der Waals surface area contributed by atoms with Gasteiger partial charge in [0.25, 0.3) is 0 Å². The predicted octanol–water partition coefficient (Wildman–Crippen LogP) is 2.89. The van der Waals surface area contributed by atoms with Gasteiger partial charge >= 0.3 is 0 Å². The monoisotopic (exact) mass is 260 g/mol. The van der Waals surface area contributed by atoms with Crippen LogP contribution in [0.15, 0.2) is 3.79 Å². The molecule has 0 unspecified atom stereocenters. The molecule has 1 aliphatic carbocycles. The van der Waals surface area contributed by atoms with E-state index < -0.39 is 0 Å². The van der Waals surface area contributed by atoms with E-state index in [0.29, 0.717) is 0 Å². The average molecular weight is 261 g/mol. The average Bonchev–Trinajstić information content (AvgIpc) is 2.30. The second-order valence-electron chi connectivity index (χ2n) is 3.43. The largest absolute Gasteiger partial charge is 0.314 e. The van der Waals surface area contributed by atoms with Crippen LogP contribution in [0.1, 0.15) is 35.9 Å². The molecule has 2 nitrogen and oxygen atoms in total. The number of rotatable bonds is 3. The van der Waals surface area contributed by atoms with Gasteiger partial charge in [0.15, 0.2) is 0 Å². The second kappa shape index (κ2) is 4.07. The second-order valence-corrected chi connectivity index (χ2v) is 5.78. The van der Waals surface area contributed by atoms with Crippen molar-refractivity contribution in [3.63, 3.8) is 0 Å². The third-order valence-electron chi connectivity index (χ3n) is 2.46. The summed E-state index contributed by atoms with van der Waals surface area (Å²) in [5.74, 6) is 0.756. The fourth-order valence-electron chi connectivity index (χ4n) is 1.46. The molecule has 0 radical (unpaired) electrons. The molecule has 1 aromatic heterocycles. The summed E-state index contributed by atoms with van der Waals surface area (Å²) in [7, 11) is 1.95. The van der Waals surface area contributed by atoms with Crippen LogP contribution < -0.4 is 5.32 Å². The molecule has 72 valence electrons. The van der Waals surface area contributed by atoms with Gasteiger partial charge in [-0.05, 0) is 35.8 Å². The van der Waals surface area contributed by atoms with Crippen LogP contribution in [0.3, 0.4) is 0 Å².